The van der Waals surface area contributed by atoms with Gasteiger partial charge in [0.1, 0.15) is 18.0 Å². The van der Waals surface area contributed by atoms with Gasteiger partial charge in [-0.15, -0.1) is 0 Å². The van der Waals surface area contributed by atoms with E-state index in [1.807, 2.05) is 0 Å². The van der Waals surface area contributed by atoms with E-state index < -0.39 is 10.5 Å². The first-order chi connectivity index (χ1) is 8.92. The first-order valence-corrected chi connectivity index (χ1v) is 6.05. The molecule has 1 unspecified atom stereocenters. The predicted octanol–water partition coefficient (Wildman–Crippen LogP) is 3.00. The molecule has 6 heteroatoms. The Kier molecular flexibility index (Phi) is 2.45. The Morgan fingerprint density at radius 2 is 2.26 bits per heavy atom. The van der Waals surface area contributed by atoms with Gasteiger partial charge in [-0.05, 0) is 18.6 Å². The molecule has 0 bridgehead atoms. The second kappa shape index (κ2) is 3.82. The fraction of sp³-hybridized carbons (Fsp3) is 0.231. The molecule has 98 valence electrons. The Labute approximate surface area is 113 Å². The van der Waals surface area contributed by atoms with E-state index in [2.05, 4.69) is 0 Å². The number of aliphatic hydroxyl groups is 1. The maximum Gasteiger partial charge on any atom is 0.278 e. The molecule has 2 aromatic carbocycles. The van der Waals surface area contributed by atoms with E-state index in [9.17, 15) is 15.2 Å². The summed E-state index contributed by atoms with van der Waals surface area (Å²) in [5, 5.41) is 22.5. The number of benzene rings is 2. The SMILES string of the molecule is CC1(O)COc2c(Cl)cc([N+](=O)[O-])c3cccc1c23. The number of non-ortho nitro benzene ring substituents is 1. The van der Waals surface area contributed by atoms with Crippen molar-refractivity contribution in [3.63, 3.8) is 0 Å². The fourth-order valence-electron chi connectivity index (χ4n) is 2.42. The van der Waals surface area contributed by atoms with Crippen LogP contribution < -0.4 is 4.74 Å². The van der Waals surface area contributed by atoms with Gasteiger partial charge in [-0.3, -0.25) is 10.1 Å². The molecule has 0 amide bonds. The molecule has 5 nitrogen and oxygen atoms in total. The van der Waals surface area contributed by atoms with Gasteiger partial charge in [0.15, 0.2) is 0 Å². The molecular weight excluding hydrogens is 270 g/mol. The number of ether oxygens (including phenoxy) is 1. The van der Waals surface area contributed by atoms with Crippen molar-refractivity contribution in [3.8, 4) is 5.75 Å². The zero-order valence-corrected chi connectivity index (χ0v) is 10.8. The standard InChI is InChI=1S/C13H10ClNO4/c1-13(16)6-19-12-9(14)5-10(15(17)18)7-3-2-4-8(13)11(7)12/h2-5,16H,6H2,1H3. The van der Waals surface area contributed by atoms with Crippen molar-refractivity contribution in [2.24, 2.45) is 0 Å². The van der Waals surface area contributed by atoms with Crippen LogP contribution in [0.25, 0.3) is 10.8 Å². The highest BCUT2D eigenvalue weighted by Crippen LogP contribution is 2.46. The summed E-state index contributed by atoms with van der Waals surface area (Å²) < 4.78 is 5.47. The lowest BCUT2D eigenvalue weighted by Crippen LogP contribution is -2.32. The number of nitro benzene ring substituents is 1. The quantitative estimate of drug-likeness (QED) is 0.643. The van der Waals surface area contributed by atoms with Gasteiger partial charge in [0.05, 0.1) is 15.3 Å². The minimum atomic E-state index is -1.19. The minimum absolute atomic E-state index is 0.0661. The van der Waals surface area contributed by atoms with Crippen molar-refractivity contribution in [1.82, 2.24) is 0 Å². The zero-order valence-electron chi connectivity index (χ0n) is 10.0. The second-order valence-corrected chi connectivity index (χ2v) is 5.16. The largest absolute Gasteiger partial charge is 0.488 e. The van der Waals surface area contributed by atoms with E-state index >= 15 is 0 Å². The second-order valence-electron chi connectivity index (χ2n) is 4.75. The molecule has 1 N–H and O–H groups in total. The van der Waals surface area contributed by atoms with Gasteiger partial charge in [0.25, 0.3) is 5.69 Å². The van der Waals surface area contributed by atoms with E-state index in [0.29, 0.717) is 22.1 Å². The number of nitrogens with zero attached hydrogens (tertiary/aromatic N) is 1. The summed E-state index contributed by atoms with van der Waals surface area (Å²) in [6, 6.07) is 6.32. The Bertz CT molecular complexity index is 711. The smallest absolute Gasteiger partial charge is 0.278 e. The van der Waals surface area contributed by atoms with Gasteiger partial charge in [-0.1, -0.05) is 23.7 Å². The molecule has 0 aliphatic carbocycles. The highest BCUT2D eigenvalue weighted by atomic mass is 35.5. The molecule has 0 radical (unpaired) electrons. The number of halogens is 1. The Morgan fingerprint density at radius 3 is 2.95 bits per heavy atom. The number of nitro groups is 1. The molecule has 1 heterocycles. The van der Waals surface area contributed by atoms with Crippen LogP contribution in [0.1, 0.15) is 12.5 Å². The lowest BCUT2D eigenvalue weighted by molar-refractivity contribution is -0.383. The van der Waals surface area contributed by atoms with E-state index in [0.717, 1.165) is 0 Å². The maximum atomic E-state index is 11.1. The Morgan fingerprint density at radius 1 is 1.53 bits per heavy atom. The molecule has 2 aromatic rings. The number of hydrogen-bond acceptors (Lipinski definition) is 4. The summed E-state index contributed by atoms with van der Waals surface area (Å²) in [4.78, 5) is 10.6. The van der Waals surface area contributed by atoms with Crippen LogP contribution >= 0.6 is 11.6 Å². The van der Waals surface area contributed by atoms with Crippen LogP contribution in [0.3, 0.4) is 0 Å². The van der Waals surface area contributed by atoms with Gasteiger partial charge in [-0.2, -0.15) is 0 Å². The normalized spacial score (nSPS) is 21.2. The third kappa shape index (κ3) is 1.66. The number of hydrogen-bond donors (Lipinski definition) is 1. The topological polar surface area (TPSA) is 72.6 Å². The molecule has 1 aliphatic heterocycles. The van der Waals surface area contributed by atoms with Crippen LogP contribution in [-0.2, 0) is 5.60 Å². The van der Waals surface area contributed by atoms with Crippen LogP contribution in [0.5, 0.6) is 5.75 Å². The summed E-state index contributed by atoms with van der Waals surface area (Å²) in [6.45, 7) is 1.67. The molecule has 1 atom stereocenters. The zero-order chi connectivity index (χ0) is 13.8. The molecule has 0 aromatic heterocycles. The average Bonchev–Trinajstić information content (AvgIpc) is 2.35. The summed E-state index contributed by atoms with van der Waals surface area (Å²) >= 11 is 6.04. The van der Waals surface area contributed by atoms with Gasteiger partial charge in [-0.25, -0.2) is 0 Å². The Balaban J connectivity index is 2.51. The molecule has 1 aliphatic rings. The van der Waals surface area contributed by atoms with Crippen molar-refractivity contribution in [3.05, 3.63) is 45.0 Å². The van der Waals surface area contributed by atoms with Crippen molar-refractivity contribution in [2.75, 3.05) is 6.61 Å². The van der Waals surface area contributed by atoms with E-state index in [1.54, 1.807) is 25.1 Å². The van der Waals surface area contributed by atoms with Crippen LogP contribution in [0.15, 0.2) is 24.3 Å². The van der Waals surface area contributed by atoms with Crippen molar-refractivity contribution < 1.29 is 14.8 Å². The summed E-state index contributed by atoms with van der Waals surface area (Å²) in [5.41, 5.74) is -0.686. The molecule has 3 rings (SSSR count). The molecule has 0 spiro atoms. The first-order valence-electron chi connectivity index (χ1n) is 5.67. The average molecular weight is 280 g/mol. The minimum Gasteiger partial charge on any atom is -0.488 e. The maximum absolute atomic E-state index is 11.1. The lowest BCUT2D eigenvalue weighted by atomic mass is 9.88. The van der Waals surface area contributed by atoms with E-state index in [4.69, 9.17) is 16.3 Å². The third-order valence-corrected chi connectivity index (χ3v) is 3.60. The number of rotatable bonds is 1. The third-order valence-electron chi connectivity index (χ3n) is 3.32. The molecule has 0 saturated carbocycles. The molecule has 19 heavy (non-hydrogen) atoms. The molecule has 0 saturated heterocycles. The first kappa shape index (κ1) is 12.2. The molecular formula is C13H10ClNO4. The van der Waals surface area contributed by atoms with Gasteiger partial charge < -0.3 is 9.84 Å². The van der Waals surface area contributed by atoms with Crippen LogP contribution in [0.4, 0.5) is 5.69 Å². The fourth-order valence-corrected chi connectivity index (χ4v) is 2.68. The van der Waals surface area contributed by atoms with Crippen LogP contribution in [-0.4, -0.2) is 16.6 Å². The highest BCUT2D eigenvalue weighted by molar-refractivity contribution is 6.34. The van der Waals surface area contributed by atoms with Crippen LogP contribution in [0.2, 0.25) is 5.02 Å². The van der Waals surface area contributed by atoms with Crippen molar-refractivity contribution in [1.29, 1.82) is 0 Å². The molecule has 0 fully saturated rings. The van der Waals surface area contributed by atoms with Gasteiger partial charge in [0, 0.05) is 11.5 Å². The summed E-state index contributed by atoms with van der Waals surface area (Å²) in [5.74, 6) is 0.393. The van der Waals surface area contributed by atoms with E-state index in [1.165, 1.54) is 6.07 Å². The monoisotopic (exact) mass is 279 g/mol. The van der Waals surface area contributed by atoms with Crippen molar-refractivity contribution >= 4 is 28.1 Å². The summed E-state index contributed by atoms with van der Waals surface area (Å²) in [6.07, 6.45) is 0. The van der Waals surface area contributed by atoms with E-state index in [-0.39, 0.29) is 17.3 Å². The predicted molar refractivity (Wildman–Crippen MR) is 70.7 cm³/mol. The van der Waals surface area contributed by atoms with Gasteiger partial charge >= 0.3 is 0 Å². The lowest BCUT2D eigenvalue weighted by Gasteiger charge is -2.31. The highest BCUT2D eigenvalue weighted by Gasteiger charge is 2.34. The summed E-state index contributed by atoms with van der Waals surface area (Å²) in [7, 11) is 0. The van der Waals surface area contributed by atoms with Crippen molar-refractivity contribution in [2.45, 2.75) is 12.5 Å². The Hall–Kier alpha value is -1.85. The van der Waals surface area contributed by atoms with Gasteiger partial charge in [0.2, 0.25) is 0 Å². The van der Waals surface area contributed by atoms with Crippen LogP contribution in [0, 0.1) is 10.1 Å².